The Hall–Kier alpha value is -1.65. The van der Waals surface area contributed by atoms with Crippen LogP contribution in [0.15, 0.2) is 30.3 Å². The van der Waals surface area contributed by atoms with Gasteiger partial charge in [-0.15, -0.1) is 0 Å². The molecule has 0 saturated carbocycles. The standard InChI is InChI=1S/C13H6Cl2F2O2/c14-6-1-4-10(15)9(5-6)7-2-3-8(13(18)19)12(17)11(7)16/h1-5H,(H,18,19). The van der Waals surface area contributed by atoms with Gasteiger partial charge in [-0.2, -0.15) is 0 Å². The lowest BCUT2D eigenvalue weighted by atomic mass is 10.0. The van der Waals surface area contributed by atoms with Crippen molar-refractivity contribution in [2.45, 2.75) is 0 Å². The third-order valence-electron chi connectivity index (χ3n) is 2.53. The molecule has 0 aliphatic heterocycles. The predicted molar refractivity (Wildman–Crippen MR) is 68.8 cm³/mol. The fourth-order valence-corrected chi connectivity index (χ4v) is 2.02. The average molecular weight is 303 g/mol. The molecule has 0 atom stereocenters. The second-order valence-electron chi connectivity index (χ2n) is 3.72. The molecular weight excluding hydrogens is 297 g/mol. The van der Waals surface area contributed by atoms with E-state index in [4.69, 9.17) is 28.3 Å². The molecule has 0 heterocycles. The molecule has 6 heteroatoms. The molecule has 1 N–H and O–H groups in total. The van der Waals surface area contributed by atoms with Crippen molar-refractivity contribution < 1.29 is 18.7 Å². The molecule has 0 saturated heterocycles. The van der Waals surface area contributed by atoms with Gasteiger partial charge in [0.15, 0.2) is 11.6 Å². The molecule has 0 fully saturated rings. The van der Waals surface area contributed by atoms with Crippen LogP contribution in [0.3, 0.4) is 0 Å². The van der Waals surface area contributed by atoms with Crippen LogP contribution in [-0.4, -0.2) is 11.1 Å². The van der Waals surface area contributed by atoms with Gasteiger partial charge in [0.25, 0.3) is 0 Å². The smallest absolute Gasteiger partial charge is 0.338 e. The number of hydrogen-bond acceptors (Lipinski definition) is 1. The van der Waals surface area contributed by atoms with Gasteiger partial charge in [0, 0.05) is 21.2 Å². The van der Waals surface area contributed by atoms with Crippen LogP contribution in [-0.2, 0) is 0 Å². The van der Waals surface area contributed by atoms with Gasteiger partial charge in [-0.3, -0.25) is 0 Å². The second-order valence-corrected chi connectivity index (χ2v) is 4.56. The van der Waals surface area contributed by atoms with E-state index in [2.05, 4.69) is 0 Å². The summed E-state index contributed by atoms with van der Waals surface area (Å²) in [5.41, 5.74) is -0.683. The number of carboxylic acids is 1. The van der Waals surface area contributed by atoms with Crippen molar-refractivity contribution in [2.75, 3.05) is 0 Å². The lowest BCUT2D eigenvalue weighted by Gasteiger charge is -2.08. The molecule has 2 nitrogen and oxygen atoms in total. The van der Waals surface area contributed by atoms with Crippen molar-refractivity contribution in [3.05, 3.63) is 57.6 Å². The van der Waals surface area contributed by atoms with Gasteiger partial charge in [-0.25, -0.2) is 13.6 Å². The maximum atomic E-state index is 13.9. The Labute approximate surface area is 117 Å². The van der Waals surface area contributed by atoms with E-state index >= 15 is 0 Å². The van der Waals surface area contributed by atoms with Crippen molar-refractivity contribution in [1.29, 1.82) is 0 Å². The van der Waals surface area contributed by atoms with E-state index in [9.17, 15) is 13.6 Å². The third-order valence-corrected chi connectivity index (χ3v) is 3.10. The second kappa shape index (κ2) is 5.15. The number of aromatic carboxylic acids is 1. The zero-order chi connectivity index (χ0) is 14.2. The van der Waals surface area contributed by atoms with Crippen LogP contribution in [0.1, 0.15) is 10.4 Å². The molecule has 0 unspecified atom stereocenters. The van der Waals surface area contributed by atoms with Crippen molar-refractivity contribution in [3.8, 4) is 11.1 Å². The summed E-state index contributed by atoms with van der Waals surface area (Å²) in [7, 11) is 0. The Balaban J connectivity index is 2.67. The number of benzene rings is 2. The topological polar surface area (TPSA) is 37.3 Å². The zero-order valence-corrected chi connectivity index (χ0v) is 10.8. The first-order valence-electron chi connectivity index (χ1n) is 5.08. The Kier molecular flexibility index (Phi) is 3.73. The fraction of sp³-hybridized carbons (Fsp3) is 0. The summed E-state index contributed by atoms with van der Waals surface area (Å²) in [6.07, 6.45) is 0. The molecule has 0 aliphatic rings. The Morgan fingerprint density at radius 2 is 1.68 bits per heavy atom. The van der Waals surface area contributed by atoms with E-state index < -0.39 is 23.2 Å². The van der Waals surface area contributed by atoms with E-state index in [0.29, 0.717) is 5.02 Å². The lowest BCUT2D eigenvalue weighted by Crippen LogP contribution is -2.04. The third kappa shape index (κ3) is 2.55. The van der Waals surface area contributed by atoms with Crippen molar-refractivity contribution in [2.24, 2.45) is 0 Å². The number of rotatable bonds is 2. The van der Waals surface area contributed by atoms with Crippen LogP contribution in [0.2, 0.25) is 10.0 Å². The highest BCUT2D eigenvalue weighted by Gasteiger charge is 2.20. The number of halogens is 4. The van der Waals surface area contributed by atoms with Crippen LogP contribution in [0.25, 0.3) is 11.1 Å². The molecule has 0 amide bonds. The molecule has 0 spiro atoms. The quantitative estimate of drug-likeness (QED) is 0.877. The highest BCUT2D eigenvalue weighted by atomic mass is 35.5. The zero-order valence-electron chi connectivity index (χ0n) is 9.25. The van der Waals surface area contributed by atoms with Gasteiger partial charge in [0.05, 0.1) is 5.56 Å². The van der Waals surface area contributed by atoms with Gasteiger partial charge in [0.2, 0.25) is 0 Å². The predicted octanol–water partition coefficient (Wildman–Crippen LogP) is 4.64. The average Bonchev–Trinajstić information content (AvgIpc) is 2.35. The number of hydrogen-bond donors (Lipinski definition) is 1. The van der Waals surface area contributed by atoms with Gasteiger partial charge < -0.3 is 5.11 Å². The Morgan fingerprint density at radius 1 is 1.00 bits per heavy atom. The summed E-state index contributed by atoms with van der Waals surface area (Å²) in [5.74, 6) is -4.25. The molecule has 0 bridgehead atoms. The summed E-state index contributed by atoms with van der Waals surface area (Å²) in [5, 5.41) is 9.19. The normalized spacial score (nSPS) is 10.5. The minimum absolute atomic E-state index is 0.144. The van der Waals surface area contributed by atoms with Gasteiger partial charge in [0.1, 0.15) is 0 Å². The molecule has 2 aromatic rings. The van der Waals surface area contributed by atoms with Crippen LogP contribution < -0.4 is 0 Å². The van der Waals surface area contributed by atoms with E-state index in [1.54, 1.807) is 0 Å². The lowest BCUT2D eigenvalue weighted by molar-refractivity contribution is 0.0690. The number of carbonyl (C=O) groups is 1. The fourth-order valence-electron chi connectivity index (χ4n) is 1.63. The summed E-state index contributed by atoms with van der Waals surface area (Å²) in [6, 6.07) is 6.46. The summed E-state index contributed by atoms with van der Waals surface area (Å²) >= 11 is 11.7. The molecule has 0 aliphatic carbocycles. The summed E-state index contributed by atoms with van der Waals surface area (Å²) in [6.45, 7) is 0. The van der Waals surface area contributed by atoms with Crippen molar-refractivity contribution in [1.82, 2.24) is 0 Å². The molecule has 98 valence electrons. The summed E-state index contributed by atoms with van der Waals surface area (Å²) < 4.78 is 27.5. The highest BCUT2D eigenvalue weighted by molar-refractivity contribution is 6.35. The SMILES string of the molecule is O=C(O)c1ccc(-c2cc(Cl)ccc2Cl)c(F)c1F. The largest absolute Gasteiger partial charge is 0.478 e. The van der Waals surface area contributed by atoms with Gasteiger partial charge in [-0.05, 0) is 24.3 Å². The molecule has 2 aromatic carbocycles. The summed E-state index contributed by atoms with van der Waals surface area (Å²) in [4.78, 5) is 10.7. The maximum Gasteiger partial charge on any atom is 0.338 e. The van der Waals surface area contributed by atoms with Crippen LogP contribution in [0.4, 0.5) is 8.78 Å². The molecule has 0 aromatic heterocycles. The first-order chi connectivity index (χ1) is 8.91. The number of carboxylic acid groups (broad SMARTS) is 1. The van der Waals surface area contributed by atoms with Crippen LogP contribution >= 0.6 is 23.2 Å². The van der Waals surface area contributed by atoms with Gasteiger partial charge in [-0.1, -0.05) is 29.3 Å². The first-order valence-corrected chi connectivity index (χ1v) is 5.84. The molecule has 19 heavy (non-hydrogen) atoms. The van der Waals surface area contributed by atoms with Crippen LogP contribution in [0.5, 0.6) is 0 Å². The molecule has 2 rings (SSSR count). The van der Waals surface area contributed by atoms with Gasteiger partial charge >= 0.3 is 5.97 Å². The maximum absolute atomic E-state index is 13.9. The van der Waals surface area contributed by atoms with E-state index in [-0.39, 0.29) is 16.1 Å². The van der Waals surface area contributed by atoms with Crippen LogP contribution in [0, 0.1) is 11.6 Å². The minimum Gasteiger partial charge on any atom is -0.478 e. The minimum atomic E-state index is -1.54. The van der Waals surface area contributed by atoms with Crippen molar-refractivity contribution >= 4 is 29.2 Å². The first kappa shape index (κ1) is 13.8. The van der Waals surface area contributed by atoms with E-state index in [0.717, 1.165) is 12.1 Å². The Bertz CT molecular complexity index is 672. The van der Waals surface area contributed by atoms with E-state index in [1.807, 2.05) is 0 Å². The molecule has 0 radical (unpaired) electrons. The Morgan fingerprint density at radius 3 is 2.32 bits per heavy atom. The van der Waals surface area contributed by atoms with E-state index in [1.165, 1.54) is 18.2 Å². The monoisotopic (exact) mass is 302 g/mol. The molecular formula is C13H6Cl2F2O2. The van der Waals surface area contributed by atoms with Crippen molar-refractivity contribution in [3.63, 3.8) is 0 Å². The highest BCUT2D eigenvalue weighted by Crippen LogP contribution is 2.33.